The Bertz CT molecular complexity index is 4720. The maximum atomic E-state index is 6.78. The van der Waals surface area contributed by atoms with E-state index in [0.29, 0.717) is 211 Å². The van der Waals surface area contributed by atoms with Gasteiger partial charge in [-0.25, -0.2) is 29.9 Å². The molecule has 2 N–H and O–H groups in total. The molecule has 29 nitrogen and oxygen atoms in total. The standard InChI is InChI=1S/C83H96N8O21/c1-92-19-25-98-31-37-104-70-47-64-65(48-71(70)105-38-32-99-26-20-93-2)80-87-78(64)85-76-62-18-17-59(110-55-58-43-60(111-53-56-13-9-7-10-14-56)45-61(44-58)112-54-57-15-11-8-12-16-57)46-63(62)77(84-76)86-79-66-49-72(106-39-33-100-27-21-94-3)73(107-40-34-101-28-22-95-4)50-67(66)81(88-79)90-83-69-52-75(109-42-36-103-30-24-97-6)74(51-68(69)82(89-80)91-83)108-41-35-102-29-23-96-5/h7-18,43-52H,19-42,53-55H2,1-6H3,(H2,84,85,86,87,88,89,90,91). The van der Waals surface area contributed by atoms with Crippen molar-refractivity contribution in [3.05, 3.63) is 150 Å². The lowest BCUT2D eigenvalue weighted by atomic mass is 10.1. The Morgan fingerprint density at radius 2 is 0.500 bits per heavy atom. The first kappa shape index (κ1) is 81.1. The Labute approximate surface area is 649 Å². The molecule has 7 aromatic carbocycles. The van der Waals surface area contributed by atoms with Gasteiger partial charge in [0.05, 0.1) is 119 Å². The van der Waals surface area contributed by atoms with Crippen LogP contribution in [0.2, 0.25) is 0 Å². The summed E-state index contributed by atoms with van der Waals surface area (Å²) in [6, 6.07) is 42.6. The predicted molar refractivity (Wildman–Crippen MR) is 418 cm³/mol. The van der Waals surface area contributed by atoms with Crippen LogP contribution in [0.1, 0.15) is 16.7 Å². The van der Waals surface area contributed by atoms with Crippen LogP contribution >= 0.6 is 0 Å². The normalized spacial score (nSPS) is 11.6. The van der Waals surface area contributed by atoms with Gasteiger partial charge in [-0.05, 0) is 83.4 Å². The smallest absolute Gasteiger partial charge is 0.164 e. The molecule has 0 unspecified atom stereocenters. The van der Waals surface area contributed by atoms with E-state index in [9.17, 15) is 0 Å². The third-order valence-electron chi connectivity index (χ3n) is 17.3. The third kappa shape index (κ3) is 22.9. The van der Waals surface area contributed by atoms with E-state index in [1.807, 2.05) is 133 Å². The summed E-state index contributed by atoms with van der Waals surface area (Å²) < 4.78 is 126. The number of H-pyrrole nitrogens is 2. The number of ether oxygens (including phenoxy) is 21. The summed E-state index contributed by atoms with van der Waals surface area (Å²) in [6.07, 6.45) is 0. The summed E-state index contributed by atoms with van der Waals surface area (Å²) in [7, 11) is 9.72. The van der Waals surface area contributed by atoms with Crippen LogP contribution in [0, 0.1) is 0 Å². The number of aromatic amines is 2. The number of methoxy groups -OCH3 is 6. The molecule has 0 spiro atoms. The van der Waals surface area contributed by atoms with Gasteiger partial charge in [-0.1, -0.05) is 60.7 Å². The molecule has 112 heavy (non-hydrogen) atoms. The largest absolute Gasteiger partial charge is 0.489 e. The van der Waals surface area contributed by atoms with E-state index in [0.717, 1.165) is 16.7 Å². The van der Waals surface area contributed by atoms with Crippen LogP contribution < -0.4 is 42.6 Å². The first-order valence-corrected chi connectivity index (χ1v) is 37.1. The van der Waals surface area contributed by atoms with E-state index < -0.39 is 0 Å². The van der Waals surface area contributed by atoms with Gasteiger partial charge in [-0.15, -0.1) is 0 Å². The van der Waals surface area contributed by atoms with E-state index in [-0.39, 0.29) is 109 Å². The summed E-state index contributed by atoms with van der Waals surface area (Å²) in [5.41, 5.74) is 6.51. The molecule has 0 fully saturated rings. The van der Waals surface area contributed by atoms with Crippen molar-refractivity contribution in [2.75, 3.05) is 201 Å². The number of aromatic nitrogens is 8. The van der Waals surface area contributed by atoms with Crippen molar-refractivity contribution in [1.82, 2.24) is 39.9 Å². The van der Waals surface area contributed by atoms with Crippen molar-refractivity contribution in [2.24, 2.45) is 0 Å². The topological polar surface area (TPSA) is 303 Å². The Balaban J connectivity index is 1.06. The van der Waals surface area contributed by atoms with Crippen LogP contribution in [0.3, 0.4) is 0 Å². The molecule has 3 aromatic heterocycles. The van der Waals surface area contributed by atoms with Gasteiger partial charge in [-0.3, -0.25) is 0 Å². The van der Waals surface area contributed by atoms with Gasteiger partial charge in [0.2, 0.25) is 0 Å². The van der Waals surface area contributed by atoms with Gasteiger partial charge in [0.1, 0.15) is 99.3 Å². The second-order valence-electron chi connectivity index (χ2n) is 25.2. The highest BCUT2D eigenvalue weighted by atomic mass is 16.6. The van der Waals surface area contributed by atoms with Crippen LogP contribution in [-0.2, 0) is 76.7 Å². The Morgan fingerprint density at radius 3 is 0.821 bits per heavy atom. The van der Waals surface area contributed by atoms with E-state index in [1.54, 1.807) is 42.7 Å². The maximum Gasteiger partial charge on any atom is 0.164 e. The van der Waals surface area contributed by atoms with Crippen molar-refractivity contribution in [1.29, 1.82) is 0 Å². The Morgan fingerprint density at radius 1 is 0.223 bits per heavy atom. The van der Waals surface area contributed by atoms with Crippen molar-refractivity contribution in [3.8, 4) is 97.3 Å². The number of hydrogen-bond donors (Lipinski definition) is 2. The minimum absolute atomic E-state index is 0.129. The Kier molecular flexibility index (Phi) is 31.5. The lowest BCUT2D eigenvalue weighted by Crippen LogP contribution is -2.12. The SMILES string of the molecule is COCCOCCOc1cc2c(cc1OCCOCCOC)-c1nc-2nc2[nH]c(nc3nc(nc4[nH]c(n1)c1cc(OCCOCCOC)c(OCCOCCOC)cc41)-c1cc(OCCOCCOC)c(OCCOCCOC)cc1-3)c1cc(OCc3cc(OCc4ccccc4)cc(OCc4ccccc4)c3)ccc21. The molecule has 2 aliphatic rings. The number of nitrogens with one attached hydrogen (secondary N) is 2. The number of benzene rings is 7. The van der Waals surface area contributed by atoms with Crippen LogP contribution in [0.5, 0.6) is 51.7 Å². The molecule has 8 bridgehead atoms. The van der Waals surface area contributed by atoms with Crippen molar-refractivity contribution >= 4 is 44.1 Å². The van der Waals surface area contributed by atoms with Crippen molar-refractivity contribution in [2.45, 2.75) is 19.8 Å². The summed E-state index contributed by atoms with van der Waals surface area (Å²) >= 11 is 0. The molecule has 0 saturated heterocycles. The lowest BCUT2D eigenvalue weighted by Gasteiger charge is -2.15. The van der Waals surface area contributed by atoms with E-state index in [2.05, 4.69) is 9.97 Å². The van der Waals surface area contributed by atoms with Gasteiger partial charge in [0.25, 0.3) is 0 Å². The second kappa shape index (κ2) is 43.4. The zero-order valence-corrected chi connectivity index (χ0v) is 64.1. The predicted octanol–water partition coefficient (Wildman–Crippen LogP) is 11.9. The summed E-state index contributed by atoms with van der Waals surface area (Å²) in [6.45, 7) is 8.04. The zero-order valence-electron chi connectivity index (χ0n) is 64.1. The molecule has 10 aromatic rings. The average Bonchev–Trinajstić information content (AvgIpc) is 1.59. The van der Waals surface area contributed by atoms with Gasteiger partial charge in [0, 0.05) is 92.5 Å². The highest BCUT2D eigenvalue weighted by Crippen LogP contribution is 2.46. The zero-order chi connectivity index (χ0) is 77.3. The molecular weight excluding hydrogens is 1440 g/mol. The monoisotopic (exact) mass is 1540 g/mol. The van der Waals surface area contributed by atoms with Crippen LogP contribution in [-0.4, -0.2) is 241 Å². The summed E-state index contributed by atoms with van der Waals surface area (Å²) in [5.74, 6) is 5.13. The van der Waals surface area contributed by atoms with Gasteiger partial charge >= 0.3 is 0 Å². The first-order valence-electron chi connectivity index (χ1n) is 37.1. The minimum Gasteiger partial charge on any atom is -0.489 e. The fraction of sp³-hybridized carbons (Fsp3) is 0.398. The number of nitrogens with zero attached hydrogens (tertiary/aromatic N) is 6. The second-order valence-corrected chi connectivity index (χ2v) is 25.2. The van der Waals surface area contributed by atoms with E-state index >= 15 is 0 Å². The minimum atomic E-state index is 0.129. The summed E-state index contributed by atoms with van der Waals surface area (Å²) in [4.78, 5) is 39.6. The van der Waals surface area contributed by atoms with Crippen molar-refractivity contribution < 1.29 is 99.5 Å². The number of fused-ring (bicyclic) bond motifs is 20. The van der Waals surface area contributed by atoms with E-state index in [1.165, 1.54) is 0 Å². The fourth-order valence-electron chi connectivity index (χ4n) is 11.8. The molecule has 5 heterocycles. The number of rotatable bonds is 51. The molecule has 0 aliphatic carbocycles. The molecular formula is C83H96N8O21. The van der Waals surface area contributed by atoms with Crippen LogP contribution in [0.4, 0.5) is 0 Å². The van der Waals surface area contributed by atoms with Crippen LogP contribution in [0.15, 0.2) is 133 Å². The lowest BCUT2D eigenvalue weighted by molar-refractivity contribution is 0.0499. The van der Waals surface area contributed by atoms with Gasteiger partial charge in [-0.2, -0.15) is 0 Å². The average molecular weight is 1540 g/mol. The highest BCUT2D eigenvalue weighted by molar-refractivity contribution is 6.08. The third-order valence-corrected chi connectivity index (χ3v) is 17.3. The molecule has 0 saturated carbocycles. The maximum absolute atomic E-state index is 6.78. The fourth-order valence-corrected chi connectivity index (χ4v) is 11.8. The molecule has 29 heteroatoms. The van der Waals surface area contributed by atoms with Gasteiger partial charge in [0.15, 0.2) is 57.8 Å². The molecule has 0 radical (unpaired) electrons. The summed E-state index contributed by atoms with van der Waals surface area (Å²) in [5, 5.41) is 2.44. The highest BCUT2D eigenvalue weighted by Gasteiger charge is 2.28. The Hall–Kier alpha value is -10.4. The number of hydrogen-bond acceptors (Lipinski definition) is 27. The molecule has 12 rings (SSSR count). The molecule has 0 atom stereocenters. The quantitative estimate of drug-likeness (QED) is 0.0335. The first-order chi connectivity index (χ1) is 55.3. The molecule has 594 valence electrons. The van der Waals surface area contributed by atoms with Gasteiger partial charge < -0.3 is 109 Å². The van der Waals surface area contributed by atoms with E-state index in [4.69, 9.17) is 129 Å². The molecule has 2 aliphatic heterocycles. The van der Waals surface area contributed by atoms with Crippen molar-refractivity contribution in [3.63, 3.8) is 0 Å². The molecule has 0 amide bonds. The van der Waals surface area contributed by atoms with Crippen LogP contribution in [0.25, 0.3) is 89.7 Å².